The number of thiazole rings is 1. The minimum atomic E-state index is -0.252. The van der Waals surface area contributed by atoms with Crippen LogP contribution in [-0.4, -0.2) is 12.0 Å². The van der Waals surface area contributed by atoms with Crippen molar-refractivity contribution < 1.29 is 4.39 Å². The average molecular weight is 315 g/mol. The molecule has 0 spiro atoms. The smallest absolute Gasteiger partial charge is 0.134 e. The van der Waals surface area contributed by atoms with Crippen LogP contribution < -0.4 is 5.32 Å². The van der Waals surface area contributed by atoms with E-state index in [1.54, 1.807) is 12.3 Å². The monoisotopic (exact) mass is 314 g/mol. The van der Waals surface area contributed by atoms with Crippen LogP contribution in [0.4, 0.5) is 4.39 Å². The highest BCUT2D eigenvalue weighted by atomic mass is 79.9. The standard InChI is InChI=1S/C12H12BrFN2S/c1-7(15-2)10-6-16-12(17-10)11-8(13)4-3-5-9(11)14/h3-7,15H,1-2H3. The third-order valence-electron chi connectivity index (χ3n) is 2.56. The lowest BCUT2D eigenvalue weighted by atomic mass is 10.2. The van der Waals surface area contributed by atoms with Gasteiger partial charge in [0.05, 0.1) is 5.56 Å². The van der Waals surface area contributed by atoms with Crippen LogP contribution in [0.15, 0.2) is 28.9 Å². The molecule has 2 aromatic rings. The second-order valence-electron chi connectivity index (χ2n) is 3.67. The quantitative estimate of drug-likeness (QED) is 0.926. The van der Waals surface area contributed by atoms with Crippen LogP contribution >= 0.6 is 27.3 Å². The van der Waals surface area contributed by atoms with E-state index in [0.717, 1.165) is 9.35 Å². The first kappa shape index (κ1) is 12.7. The summed E-state index contributed by atoms with van der Waals surface area (Å²) in [5, 5.41) is 3.84. The molecule has 90 valence electrons. The molecule has 2 nitrogen and oxygen atoms in total. The van der Waals surface area contributed by atoms with E-state index in [2.05, 4.69) is 26.2 Å². The maximum atomic E-state index is 13.7. The normalized spacial score (nSPS) is 12.7. The van der Waals surface area contributed by atoms with Crippen LogP contribution in [0.2, 0.25) is 0 Å². The molecule has 0 fully saturated rings. The van der Waals surface area contributed by atoms with E-state index < -0.39 is 0 Å². The molecular formula is C12H12BrFN2S. The minimum absolute atomic E-state index is 0.229. The van der Waals surface area contributed by atoms with Gasteiger partial charge in [-0.05, 0) is 42.0 Å². The fourth-order valence-electron chi connectivity index (χ4n) is 1.45. The second-order valence-corrected chi connectivity index (χ2v) is 5.59. The van der Waals surface area contributed by atoms with E-state index in [-0.39, 0.29) is 11.9 Å². The van der Waals surface area contributed by atoms with E-state index in [0.29, 0.717) is 10.6 Å². The average Bonchev–Trinajstić information content (AvgIpc) is 2.77. The molecule has 1 heterocycles. The lowest BCUT2D eigenvalue weighted by Gasteiger charge is -2.05. The van der Waals surface area contributed by atoms with E-state index in [4.69, 9.17) is 0 Å². The van der Waals surface area contributed by atoms with Crippen molar-refractivity contribution in [1.82, 2.24) is 10.3 Å². The highest BCUT2D eigenvalue weighted by molar-refractivity contribution is 9.10. The Morgan fingerprint density at radius 2 is 2.24 bits per heavy atom. The van der Waals surface area contributed by atoms with Gasteiger partial charge in [-0.1, -0.05) is 6.07 Å². The van der Waals surface area contributed by atoms with Gasteiger partial charge in [0.1, 0.15) is 10.8 Å². The largest absolute Gasteiger partial charge is 0.312 e. The summed E-state index contributed by atoms with van der Waals surface area (Å²) < 4.78 is 14.5. The summed E-state index contributed by atoms with van der Waals surface area (Å²) in [5.41, 5.74) is 0.534. The summed E-state index contributed by atoms with van der Waals surface area (Å²) in [6.07, 6.45) is 1.79. The highest BCUT2D eigenvalue weighted by Crippen LogP contribution is 2.35. The number of aromatic nitrogens is 1. The molecular weight excluding hydrogens is 303 g/mol. The molecule has 1 unspecified atom stereocenters. The molecule has 0 aliphatic heterocycles. The van der Waals surface area contributed by atoms with Crippen LogP contribution in [0.5, 0.6) is 0 Å². The van der Waals surface area contributed by atoms with Crippen LogP contribution in [0.25, 0.3) is 10.6 Å². The SMILES string of the molecule is CNC(C)c1cnc(-c2c(F)cccc2Br)s1. The Kier molecular flexibility index (Phi) is 3.91. The number of nitrogens with zero attached hydrogens (tertiary/aromatic N) is 1. The van der Waals surface area contributed by atoms with Gasteiger partial charge in [-0.25, -0.2) is 9.37 Å². The lowest BCUT2D eigenvalue weighted by molar-refractivity contribution is 0.630. The van der Waals surface area contributed by atoms with E-state index in [1.165, 1.54) is 17.4 Å². The van der Waals surface area contributed by atoms with Gasteiger partial charge in [0, 0.05) is 21.6 Å². The Balaban J connectivity index is 2.44. The third kappa shape index (κ3) is 2.56. The Morgan fingerprint density at radius 3 is 2.88 bits per heavy atom. The summed E-state index contributed by atoms with van der Waals surface area (Å²) in [4.78, 5) is 5.38. The molecule has 0 amide bonds. The number of rotatable bonds is 3. The topological polar surface area (TPSA) is 24.9 Å². The molecule has 1 aromatic heterocycles. The van der Waals surface area contributed by atoms with E-state index in [1.807, 2.05) is 20.0 Å². The first-order valence-corrected chi connectivity index (χ1v) is 6.81. The van der Waals surface area contributed by atoms with Crippen molar-refractivity contribution >= 4 is 27.3 Å². The van der Waals surface area contributed by atoms with Gasteiger partial charge in [0.25, 0.3) is 0 Å². The van der Waals surface area contributed by atoms with Gasteiger partial charge < -0.3 is 5.32 Å². The van der Waals surface area contributed by atoms with Crippen molar-refractivity contribution in [2.75, 3.05) is 7.05 Å². The van der Waals surface area contributed by atoms with Crippen LogP contribution in [0.3, 0.4) is 0 Å². The first-order valence-electron chi connectivity index (χ1n) is 5.21. The third-order valence-corrected chi connectivity index (χ3v) is 4.42. The molecule has 17 heavy (non-hydrogen) atoms. The molecule has 1 N–H and O–H groups in total. The van der Waals surface area contributed by atoms with Gasteiger partial charge in [-0.2, -0.15) is 0 Å². The zero-order valence-electron chi connectivity index (χ0n) is 9.50. The van der Waals surface area contributed by atoms with Gasteiger partial charge in [-0.15, -0.1) is 11.3 Å². The van der Waals surface area contributed by atoms with Crippen LogP contribution in [0, 0.1) is 5.82 Å². The molecule has 1 aromatic carbocycles. The fraction of sp³-hybridized carbons (Fsp3) is 0.250. The molecule has 0 aliphatic rings. The molecule has 0 bridgehead atoms. The number of hydrogen-bond acceptors (Lipinski definition) is 3. The summed E-state index contributed by atoms with van der Waals surface area (Å²) in [7, 11) is 1.89. The molecule has 0 saturated carbocycles. The number of halogens is 2. The molecule has 5 heteroatoms. The molecule has 0 saturated heterocycles. The summed E-state index contributed by atoms with van der Waals surface area (Å²) in [6, 6.07) is 5.17. The van der Waals surface area contributed by atoms with Gasteiger partial charge in [0.15, 0.2) is 0 Å². The Morgan fingerprint density at radius 1 is 1.47 bits per heavy atom. The number of nitrogens with one attached hydrogen (secondary N) is 1. The maximum Gasteiger partial charge on any atom is 0.134 e. The van der Waals surface area contributed by atoms with Crippen molar-refractivity contribution in [2.24, 2.45) is 0 Å². The Labute approximate surface area is 112 Å². The van der Waals surface area contributed by atoms with Crippen molar-refractivity contribution in [3.63, 3.8) is 0 Å². The number of benzene rings is 1. The van der Waals surface area contributed by atoms with Crippen molar-refractivity contribution in [3.8, 4) is 10.6 Å². The zero-order valence-corrected chi connectivity index (χ0v) is 11.9. The second kappa shape index (κ2) is 5.25. The predicted octanol–water partition coefficient (Wildman–Crippen LogP) is 3.99. The summed E-state index contributed by atoms with van der Waals surface area (Å²) >= 11 is 4.86. The van der Waals surface area contributed by atoms with Crippen molar-refractivity contribution in [1.29, 1.82) is 0 Å². The number of hydrogen-bond donors (Lipinski definition) is 1. The van der Waals surface area contributed by atoms with Crippen LogP contribution in [-0.2, 0) is 0 Å². The summed E-state index contributed by atoms with van der Waals surface area (Å²) in [6.45, 7) is 2.05. The van der Waals surface area contributed by atoms with Gasteiger partial charge in [-0.3, -0.25) is 0 Å². The molecule has 1 atom stereocenters. The Hall–Kier alpha value is -0.780. The summed E-state index contributed by atoms with van der Waals surface area (Å²) in [5.74, 6) is -0.252. The van der Waals surface area contributed by atoms with Gasteiger partial charge >= 0.3 is 0 Å². The van der Waals surface area contributed by atoms with Gasteiger partial charge in [0.2, 0.25) is 0 Å². The van der Waals surface area contributed by atoms with Crippen LogP contribution in [0.1, 0.15) is 17.8 Å². The van der Waals surface area contributed by atoms with E-state index >= 15 is 0 Å². The molecule has 0 aliphatic carbocycles. The Bertz CT molecular complexity index is 507. The maximum absolute atomic E-state index is 13.7. The molecule has 0 radical (unpaired) electrons. The highest BCUT2D eigenvalue weighted by Gasteiger charge is 2.14. The fourth-order valence-corrected chi connectivity index (χ4v) is 3.15. The van der Waals surface area contributed by atoms with Crippen molar-refractivity contribution in [3.05, 3.63) is 39.6 Å². The first-order chi connectivity index (χ1) is 8.13. The minimum Gasteiger partial charge on any atom is -0.312 e. The van der Waals surface area contributed by atoms with E-state index in [9.17, 15) is 4.39 Å². The molecule has 2 rings (SSSR count). The van der Waals surface area contributed by atoms with Crippen molar-refractivity contribution in [2.45, 2.75) is 13.0 Å². The lowest BCUT2D eigenvalue weighted by Crippen LogP contribution is -2.10. The predicted molar refractivity (Wildman–Crippen MR) is 72.7 cm³/mol. The zero-order chi connectivity index (χ0) is 12.4.